The Balaban J connectivity index is 0.000000501. The summed E-state index contributed by atoms with van der Waals surface area (Å²) in [7, 11) is -2.89. The van der Waals surface area contributed by atoms with Gasteiger partial charge in [0.1, 0.15) is 0 Å². The monoisotopic (exact) mass is 451 g/mol. The van der Waals surface area contributed by atoms with E-state index >= 15 is 0 Å². The van der Waals surface area contributed by atoms with Crippen LogP contribution in [-0.4, -0.2) is 58.4 Å². The van der Waals surface area contributed by atoms with Crippen molar-refractivity contribution >= 4 is 21.8 Å². The molecule has 1 atom stereocenters. The molecule has 0 radical (unpaired) electrons. The standard InChI is InChI=1S/C19H27N3O2S.C2H2O4/c1-15-19(13-20-11-6-9-17-7-4-3-5-8-17)16(2)22(21-15)18-10-12-25(23,24)14-18;3-1(4)2(5)6/h3-5,7-8,18,20H,6,9-14H2,1-2H3;(H,3,4)(H,5,6). The largest absolute Gasteiger partial charge is 0.473 e. The Hall–Kier alpha value is -2.72. The predicted molar refractivity (Wildman–Crippen MR) is 116 cm³/mol. The first-order chi connectivity index (χ1) is 14.6. The van der Waals surface area contributed by atoms with E-state index in [-0.39, 0.29) is 17.5 Å². The lowest BCUT2D eigenvalue weighted by Crippen LogP contribution is -2.17. The Morgan fingerprint density at radius 2 is 1.81 bits per heavy atom. The van der Waals surface area contributed by atoms with E-state index in [0.717, 1.165) is 37.3 Å². The highest BCUT2D eigenvalue weighted by molar-refractivity contribution is 7.91. The number of carboxylic acid groups (broad SMARTS) is 2. The molecule has 2 heterocycles. The summed E-state index contributed by atoms with van der Waals surface area (Å²) >= 11 is 0. The second kappa shape index (κ2) is 11.1. The number of carboxylic acids is 2. The molecule has 1 fully saturated rings. The van der Waals surface area contributed by atoms with E-state index in [1.165, 1.54) is 11.1 Å². The van der Waals surface area contributed by atoms with Gasteiger partial charge < -0.3 is 15.5 Å². The van der Waals surface area contributed by atoms with Crippen molar-refractivity contribution in [3.05, 3.63) is 52.8 Å². The van der Waals surface area contributed by atoms with Gasteiger partial charge in [-0.05, 0) is 45.2 Å². The lowest BCUT2D eigenvalue weighted by atomic mass is 10.1. The Kier molecular flexibility index (Phi) is 8.76. The smallest absolute Gasteiger partial charge is 0.414 e. The zero-order chi connectivity index (χ0) is 23.0. The quantitative estimate of drug-likeness (QED) is 0.427. The fraction of sp³-hybridized carbons (Fsp3) is 0.476. The Labute approximate surface area is 182 Å². The molecule has 31 heavy (non-hydrogen) atoms. The number of aliphatic carboxylic acids is 2. The number of sulfone groups is 1. The molecule has 1 aliphatic rings. The van der Waals surface area contributed by atoms with Crippen molar-refractivity contribution in [1.29, 1.82) is 0 Å². The van der Waals surface area contributed by atoms with Gasteiger partial charge in [0.25, 0.3) is 0 Å². The molecule has 1 saturated heterocycles. The first-order valence-corrected chi connectivity index (χ1v) is 11.9. The van der Waals surface area contributed by atoms with Crippen LogP contribution in [0.2, 0.25) is 0 Å². The van der Waals surface area contributed by atoms with E-state index in [1.54, 1.807) is 0 Å². The van der Waals surface area contributed by atoms with Crippen LogP contribution in [0.15, 0.2) is 30.3 Å². The zero-order valence-corrected chi connectivity index (χ0v) is 18.6. The molecule has 2 aromatic rings. The number of aromatic nitrogens is 2. The van der Waals surface area contributed by atoms with Crippen molar-refractivity contribution < 1.29 is 28.2 Å². The Morgan fingerprint density at radius 3 is 2.35 bits per heavy atom. The SMILES string of the molecule is Cc1nn(C2CCS(=O)(=O)C2)c(C)c1CNCCCc1ccccc1.O=C(O)C(=O)O. The van der Waals surface area contributed by atoms with Crippen molar-refractivity contribution in [2.24, 2.45) is 0 Å². The second-order valence-electron chi connectivity index (χ2n) is 7.53. The van der Waals surface area contributed by atoms with Crippen LogP contribution in [0, 0.1) is 13.8 Å². The van der Waals surface area contributed by atoms with E-state index in [1.807, 2.05) is 24.6 Å². The van der Waals surface area contributed by atoms with Crippen molar-refractivity contribution in [2.75, 3.05) is 18.1 Å². The molecule has 0 bridgehead atoms. The number of carbonyl (C=O) groups is 2. The molecule has 1 aromatic heterocycles. The predicted octanol–water partition coefficient (Wildman–Crippen LogP) is 1.74. The zero-order valence-electron chi connectivity index (χ0n) is 17.7. The van der Waals surface area contributed by atoms with Crippen molar-refractivity contribution in [3.63, 3.8) is 0 Å². The van der Waals surface area contributed by atoms with Crippen LogP contribution in [0.3, 0.4) is 0 Å². The van der Waals surface area contributed by atoms with Gasteiger partial charge >= 0.3 is 11.9 Å². The van der Waals surface area contributed by atoms with Gasteiger partial charge in [-0.1, -0.05) is 30.3 Å². The van der Waals surface area contributed by atoms with Crippen LogP contribution < -0.4 is 5.32 Å². The van der Waals surface area contributed by atoms with E-state index in [2.05, 4.69) is 34.7 Å². The first-order valence-electron chi connectivity index (χ1n) is 10.1. The number of rotatable bonds is 7. The maximum absolute atomic E-state index is 11.7. The second-order valence-corrected chi connectivity index (χ2v) is 9.76. The highest BCUT2D eigenvalue weighted by atomic mass is 32.2. The molecule has 0 saturated carbocycles. The molecule has 9 nitrogen and oxygen atoms in total. The summed E-state index contributed by atoms with van der Waals surface area (Å²) in [6.07, 6.45) is 2.84. The molecule has 0 amide bonds. The minimum atomic E-state index is -2.89. The molecule has 1 aromatic carbocycles. The molecule has 1 unspecified atom stereocenters. The summed E-state index contributed by atoms with van der Waals surface area (Å²) < 4.78 is 25.4. The van der Waals surface area contributed by atoms with Crippen molar-refractivity contribution in [1.82, 2.24) is 15.1 Å². The number of aryl methyl sites for hydroxylation is 2. The van der Waals surface area contributed by atoms with E-state index < -0.39 is 21.8 Å². The first kappa shape index (κ1) is 24.5. The molecular formula is C21H29N3O6S. The lowest BCUT2D eigenvalue weighted by molar-refractivity contribution is -0.159. The van der Waals surface area contributed by atoms with Gasteiger partial charge in [-0.2, -0.15) is 5.10 Å². The average molecular weight is 452 g/mol. The highest BCUT2D eigenvalue weighted by Crippen LogP contribution is 2.26. The summed E-state index contributed by atoms with van der Waals surface area (Å²) in [6, 6.07) is 10.5. The molecular weight excluding hydrogens is 422 g/mol. The van der Waals surface area contributed by atoms with Gasteiger partial charge in [0.15, 0.2) is 9.84 Å². The van der Waals surface area contributed by atoms with Crippen LogP contribution in [-0.2, 0) is 32.4 Å². The minimum absolute atomic E-state index is 0.00414. The summed E-state index contributed by atoms with van der Waals surface area (Å²) in [5.41, 5.74) is 4.66. The topological polar surface area (TPSA) is 139 Å². The highest BCUT2D eigenvalue weighted by Gasteiger charge is 2.31. The maximum Gasteiger partial charge on any atom is 0.414 e. The summed E-state index contributed by atoms with van der Waals surface area (Å²) in [5, 5.41) is 22.9. The van der Waals surface area contributed by atoms with E-state index in [9.17, 15) is 8.42 Å². The normalized spacial score (nSPS) is 17.0. The van der Waals surface area contributed by atoms with E-state index in [0.29, 0.717) is 6.42 Å². The Bertz CT molecular complexity index is 990. The number of nitrogens with zero attached hydrogens (tertiary/aromatic N) is 2. The summed E-state index contributed by atoms with van der Waals surface area (Å²) in [6.45, 7) is 5.79. The van der Waals surface area contributed by atoms with Gasteiger partial charge in [-0.15, -0.1) is 0 Å². The fourth-order valence-corrected chi connectivity index (χ4v) is 5.24. The fourth-order valence-electron chi connectivity index (χ4n) is 3.55. The molecule has 170 valence electrons. The van der Waals surface area contributed by atoms with Gasteiger partial charge in [0.2, 0.25) is 0 Å². The van der Waals surface area contributed by atoms with Crippen LogP contribution >= 0.6 is 0 Å². The van der Waals surface area contributed by atoms with Crippen LogP contribution in [0.1, 0.15) is 41.4 Å². The number of hydrogen-bond donors (Lipinski definition) is 3. The molecule has 3 N–H and O–H groups in total. The van der Waals surface area contributed by atoms with Gasteiger partial charge in [-0.25, -0.2) is 18.0 Å². The van der Waals surface area contributed by atoms with Gasteiger partial charge in [0, 0.05) is 17.8 Å². The van der Waals surface area contributed by atoms with Crippen LogP contribution in [0.5, 0.6) is 0 Å². The molecule has 1 aliphatic heterocycles. The third-order valence-electron chi connectivity index (χ3n) is 5.18. The molecule has 10 heteroatoms. The van der Waals surface area contributed by atoms with E-state index in [4.69, 9.17) is 19.8 Å². The van der Waals surface area contributed by atoms with Gasteiger partial charge in [-0.3, -0.25) is 4.68 Å². The third-order valence-corrected chi connectivity index (χ3v) is 6.93. The van der Waals surface area contributed by atoms with Crippen molar-refractivity contribution in [3.8, 4) is 0 Å². The van der Waals surface area contributed by atoms with Crippen molar-refractivity contribution in [2.45, 2.75) is 45.7 Å². The number of hydrogen-bond acceptors (Lipinski definition) is 6. The number of nitrogens with one attached hydrogen (secondary N) is 1. The molecule has 0 aliphatic carbocycles. The molecule has 3 rings (SSSR count). The van der Waals surface area contributed by atoms with Crippen LogP contribution in [0.4, 0.5) is 0 Å². The number of benzene rings is 1. The molecule has 0 spiro atoms. The minimum Gasteiger partial charge on any atom is -0.473 e. The van der Waals surface area contributed by atoms with Gasteiger partial charge in [0.05, 0.1) is 23.2 Å². The lowest BCUT2D eigenvalue weighted by Gasteiger charge is -2.12. The summed E-state index contributed by atoms with van der Waals surface area (Å²) in [4.78, 5) is 18.2. The summed E-state index contributed by atoms with van der Waals surface area (Å²) in [5.74, 6) is -3.15. The maximum atomic E-state index is 11.7. The van der Waals surface area contributed by atoms with Crippen LogP contribution in [0.25, 0.3) is 0 Å². The third kappa shape index (κ3) is 7.48. The Morgan fingerprint density at radius 1 is 1.16 bits per heavy atom. The average Bonchev–Trinajstić information content (AvgIpc) is 3.21.